The van der Waals surface area contributed by atoms with Crippen molar-refractivity contribution >= 4 is 11.6 Å². The first-order chi connectivity index (χ1) is 7.18. The molecule has 1 aromatic rings. The quantitative estimate of drug-likeness (QED) is 0.726. The molecule has 0 atom stereocenters. The van der Waals surface area contributed by atoms with Crippen molar-refractivity contribution < 1.29 is 9.18 Å². The van der Waals surface area contributed by atoms with Gasteiger partial charge in [0.1, 0.15) is 5.82 Å². The number of hydrogen-bond acceptors (Lipinski definition) is 1. The summed E-state index contributed by atoms with van der Waals surface area (Å²) in [5.41, 5.74) is 1.27. The zero-order chi connectivity index (χ0) is 10.8. The van der Waals surface area contributed by atoms with Crippen LogP contribution in [0, 0.1) is 5.82 Å². The summed E-state index contributed by atoms with van der Waals surface area (Å²) in [6, 6.07) is 6.16. The minimum atomic E-state index is -0.305. The molecular weight excluding hydrogens is 193 g/mol. The Kier molecular flexibility index (Phi) is 2.54. The molecule has 0 unspecified atom stereocenters. The van der Waals surface area contributed by atoms with Crippen molar-refractivity contribution in [3.63, 3.8) is 0 Å². The van der Waals surface area contributed by atoms with E-state index >= 15 is 0 Å². The monoisotopic (exact) mass is 205 g/mol. The lowest BCUT2D eigenvalue weighted by molar-refractivity contribution is -0.124. The largest absolute Gasteiger partial charge is 0.312 e. The lowest BCUT2D eigenvalue weighted by atomic mass is 10.1. The zero-order valence-corrected chi connectivity index (χ0v) is 8.37. The first-order valence-corrected chi connectivity index (χ1v) is 4.94. The summed E-state index contributed by atoms with van der Waals surface area (Å²) < 4.78 is 13.0. The summed E-state index contributed by atoms with van der Waals surface area (Å²) >= 11 is 0. The van der Waals surface area contributed by atoms with Gasteiger partial charge in [-0.15, -0.1) is 0 Å². The first kappa shape index (κ1) is 9.90. The molecule has 2 rings (SSSR count). The highest BCUT2D eigenvalue weighted by molar-refractivity contribution is 5.87. The first-order valence-electron chi connectivity index (χ1n) is 4.94. The molecule has 1 saturated heterocycles. The number of nitrogens with zero attached hydrogens (tertiary/aromatic N) is 1. The van der Waals surface area contributed by atoms with Crippen molar-refractivity contribution in [1.82, 2.24) is 4.90 Å². The van der Waals surface area contributed by atoms with Gasteiger partial charge in [-0.3, -0.25) is 4.79 Å². The maximum atomic E-state index is 13.0. The van der Waals surface area contributed by atoms with E-state index in [-0.39, 0.29) is 11.7 Å². The maximum Gasteiger partial charge on any atom is 0.227 e. The number of halogens is 1. The Morgan fingerprint density at radius 2 is 2.27 bits per heavy atom. The van der Waals surface area contributed by atoms with Gasteiger partial charge in [0, 0.05) is 24.2 Å². The Labute approximate surface area is 88.0 Å². The van der Waals surface area contributed by atoms with Gasteiger partial charge in [-0.2, -0.15) is 0 Å². The molecule has 0 saturated carbocycles. The Hall–Kier alpha value is -1.64. The fraction of sp³-hybridized carbons (Fsp3) is 0.250. The van der Waals surface area contributed by atoms with Gasteiger partial charge in [0.15, 0.2) is 0 Å². The summed E-state index contributed by atoms with van der Waals surface area (Å²) in [7, 11) is 0. The summed E-state index contributed by atoms with van der Waals surface area (Å²) in [5, 5.41) is 0. The Morgan fingerprint density at radius 3 is 2.87 bits per heavy atom. The van der Waals surface area contributed by atoms with E-state index in [9.17, 15) is 9.18 Å². The molecule has 3 heteroatoms. The number of carbonyl (C=O) groups is 1. The second kappa shape index (κ2) is 3.85. The number of likely N-dealkylation sites (tertiary alicyclic amines) is 1. The van der Waals surface area contributed by atoms with Gasteiger partial charge in [0.2, 0.25) is 5.91 Å². The van der Waals surface area contributed by atoms with Crippen molar-refractivity contribution in [2.24, 2.45) is 0 Å². The molecular formula is C12H12FNO. The molecule has 78 valence electrons. The van der Waals surface area contributed by atoms with Gasteiger partial charge in [-0.1, -0.05) is 18.7 Å². The standard InChI is InChI=1S/C12H12FNO/c1-9(14-7-3-6-12(14)15)10-4-2-5-11(13)8-10/h2,4-5,8H,1,3,6-7H2. The van der Waals surface area contributed by atoms with Crippen LogP contribution in [-0.4, -0.2) is 17.4 Å². The van der Waals surface area contributed by atoms with Gasteiger partial charge >= 0.3 is 0 Å². The van der Waals surface area contributed by atoms with Crippen LogP contribution in [0.3, 0.4) is 0 Å². The van der Waals surface area contributed by atoms with Crippen LogP contribution in [-0.2, 0) is 4.79 Å². The topological polar surface area (TPSA) is 20.3 Å². The summed E-state index contributed by atoms with van der Waals surface area (Å²) in [5.74, 6) is -0.232. The molecule has 1 heterocycles. The predicted molar refractivity (Wildman–Crippen MR) is 56.4 cm³/mol. The highest BCUT2D eigenvalue weighted by Gasteiger charge is 2.23. The van der Waals surface area contributed by atoms with Crippen molar-refractivity contribution in [3.05, 3.63) is 42.2 Å². The molecule has 1 aliphatic heterocycles. The molecule has 1 aliphatic rings. The minimum absolute atomic E-state index is 0.0734. The lowest BCUT2D eigenvalue weighted by Gasteiger charge is -2.18. The number of hydrogen-bond donors (Lipinski definition) is 0. The summed E-state index contributed by atoms with van der Waals surface area (Å²) in [6.45, 7) is 4.53. The van der Waals surface area contributed by atoms with E-state index in [0.717, 1.165) is 6.42 Å². The molecule has 15 heavy (non-hydrogen) atoms. The van der Waals surface area contributed by atoms with E-state index in [0.29, 0.717) is 24.2 Å². The normalized spacial score (nSPS) is 15.8. The van der Waals surface area contributed by atoms with Crippen LogP contribution in [0.2, 0.25) is 0 Å². The maximum absolute atomic E-state index is 13.0. The van der Waals surface area contributed by atoms with E-state index in [1.54, 1.807) is 17.0 Å². The molecule has 0 spiro atoms. The number of carbonyl (C=O) groups excluding carboxylic acids is 1. The van der Waals surface area contributed by atoms with Crippen molar-refractivity contribution in [2.45, 2.75) is 12.8 Å². The summed E-state index contributed by atoms with van der Waals surface area (Å²) in [4.78, 5) is 13.1. The molecule has 0 N–H and O–H groups in total. The van der Waals surface area contributed by atoms with Crippen LogP contribution < -0.4 is 0 Å². The highest BCUT2D eigenvalue weighted by atomic mass is 19.1. The second-order valence-corrected chi connectivity index (χ2v) is 3.61. The Balaban J connectivity index is 2.24. The molecule has 0 aliphatic carbocycles. The van der Waals surface area contributed by atoms with E-state index < -0.39 is 0 Å². The van der Waals surface area contributed by atoms with Crippen LogP contribution in [0.5, 0.6) is 0 Å². The Bertz CT molecular complexity index is 414. The molecule has 0 bridgehead atoms. The average molecular weight is 205 g/mol. The van der Waals surface area contributed by atoms with Crippen LogP contribution in [0.4, 0.5) is 4.39 Å². The van der Waals surface area contributed by atoms with Gasteiger partial charge in [0.25, 0.3) is 0 Å². The fourth-order valence-electron chi connectivity index (χ4n) is 1.76. The van der Waals surface area contributed by atoms with E-state index in [1.807, 2.05) is 0 Å². The second-order valence-electron chi connectivity index (χ2n) is 3.61. The SMILES string of the molecule is C=C(c1cccc(F)c1)N1CCCC1=O. The van der Waals surface area contributed by atoms with Crippen molar-refractivity contribution in [1.29, 1.82) is 0 Å². The predicted octanol–water partition coefficient (Wildman–Crippen LogP) is 2.42. The molecule has 1 fully saturated rings. The third-order valence-corrected chi connectivity index (χ3v) is 2.56. The third-order valence-electron chi connectivity index (χ3n) is 2.56. The van der Waals surface area contributed by atoms with Gasteiger partial charge in [0.05, 0.1) is 0 Å². The minimum Gasteiger partial charge on any atom is -0.312 e. The molecule has 0 aromatic heterocycles. The zero-order valence-electron chi connectivity index (χ0n) is 8.37. The molecule has 0 radical (unpaired) electrons. The molecule has 2 nitrogen and oxygen atoms in total. The lowest BCUT2D eigenvalue weighted by Crippen LogP contribution is -2.22. The molecule has 1 aromatic carbocycles. The van der Waals surface area contributed by atoms with Crippen LogP contribution in [0.25, 0.3) is 5.70 Å². The average Bonchev–Trinajstić information content (AvgIpc) is 2.63. The number of amides is 1. The Morgan fingerprint density at radius 1 is 1.47 bits per heavy atom. The number of benzene rings is 1. The fourth-order valence-corrected chi connectivity index (χ4v) is 1.76. The van der Waals surface area contributed by atoms with Crippen LogP contribution >= 0.6 is 0 Å². The van der Waals surface area contributed by atoms with Crippen molar-refractivity contribution in [3.8, 4) is 0 Å². The smallest absolute Gasteiger partial charge is 0.227 e. The van der Waals surface area contributed by atoms with Gasteiger partial charge in [-0.25, -0.2) is 4.39 Å². The van der Waals surface area contributed by atoms with Crippen molar-refractivity contribution in [2.75, 3.05) is 6.54 Å². The molecule has 1 amide bonds. The van der Waals surface area contributed by atoms with E-state index in [4.69, 9.17) is 0 Å². The van der Waals surface area contributed by atoms with Gasteiger partial charge in [-0.05, 0) is 18.6 Å². The van der Waals surface area contributed by atoms with E-state index in [2.05, 4.69) is 6.58 Å². The third kappa shape index (κ3) is 1.91. The highest BCUT2D eigenvalue weighted by Crippen LogP contribution is 2.23. The van der Waals surface area contributed by atoms with Crippen LogP contribution in [0.15, 0.2) is 30.8 Å². The van der Waals surface area contributed by atoms with Crippen LogP contribution in [0.1, 0.15) is 18.4 Å². The summed E-state index contributed by atoms with van der Waals surface area (Å²) in [6.07, 6.45) is 1.42. The van der Waals surface area contributed by atoms with E-state index in [1.165, 1.54) is 12.1 Å². The number of rotatable bonds is 2. The van der Waals surface area contributed by atoms with Gasteiger partial charge < -0.3 is 4.90 Å².